The lowest BCUT2D eigenvalue weighted by atomic mass is 10.1. The van der Waals surface area contributed by atoms with Gasteiger partial charge >= 0.3 is 12.0 Å². The fraction of sp³-hybridized carbons (Fsp3) is 0.217. The summed E-state index contributed by atoms with van der Waals surface area (Å²) in [5, 5.41) is 8.95. The van der Waals surface area contributed by atoms with Crippen LogP contribution in [0.5, 0.6) is 0 Å². The molecule has 0 aliphatic carbocycles. The molecular formula is C23H24N4O4. The van der Waals surface area contributed by atoms with Crippen molar-refractivity contribution in [3.05, 3.63) is 77.5 Å². The predicted molar refractivity (Wildman–Crippen MR) is 115 cm³/mol. The minimum Gasteiger partial charge on any atom is -0.449 e. The Morgan fingerprint density at radius 3 is 2.39 bits per heavy atom. The molecule has 0 aliphatic rings. The van der Waals surface area contributed by atoms with E-state index in [1.165, 1.54) is 14.0 Å². The zero-order valence-corrected chi connectivity index (χ0v) is 17.6. The smallest absolute Gasteiger partial charge is 0.342 e. The minimum atomic E-state index is -1.16. The molecule has 0 saturated carbocycles. The van der Waals surface area contributed by atoms with Crippen LogP contribution in [0.4, 0.5) is 4.79 Å². The third-order valence-corrected chi connectivity index (χ3v) is 4.61. The van der Waals surface area contributed by atoms with Gasteiger partial charge in [0.05, 0.1) is 6.54 Å². The molecule has 3 rings (SSSR count). The number of esters is 1. The van der Waals surface area contributed by atoms with Crippen molar-refractivity contribution in [1.29, 1.82) is 0 Å². The number of ether oxygens (including phenoxy) is 1. The maximum atomic E-state index is 12.9. The molecule has 0 fully saturated rings. The Bertz CT molecular complexity index is 1070. The molecule has 1 atom stereocenters. The average molecular weight is 420 g/mol. The molecule has 0 radical (unpaired) electrons. The molecule has 8 nitrogen and oxygen atoms in total. The Hall–Kier alpha value is -3.94. The highest BCUT2D eigenvalue weighted by Gasteiger charge is 2.25. The van der Waals surface area contributed by atoms with Crippen LogP contribution in [-0.4, -0.2) is 40.8 Å². The summed E-state index contributed by atoms with van der Waals surface area (Å²) in [4.78, 5) is 36.3. The van der Waals surface area contributed by atoms with Crippen LogP contribution < -0.4 is 10.6 Å². The zero-order chi connectivity index (χ0) is 22.4. The van der Waals surface area contributed by atoms with E-state index in [2.05, 4.69) is 15.7 Å². The van der Waals surface area contributed by atoms with Gasteiger partial charge < -0.3 is 10.1 Å². The first kappa shape index (κ1) is 21.8. The lowest BCUT2D eigenvalue weighted by molar-refractivity contribution is -0.127. The summed E-state index contributed by atoms with van der Waals surface area (Å²) in [7, 11) is 1.38. The van der Waals surface area contributed by atoms with Gasteiger partial charge in [0.1, 0.15) is 11.3 Å². The van der Waals surface area contributed by atoms with Crippen LogP contribution in [0.3, 0.4) is 0 Å². The summed E-state index contributed by atoms with van der Waals surface area (Å²) in [6.07, 6.45) is 0.446. The Labute approximate surface area is 180 Å². The quantitative estimate of drug-likeness (QED) is 0.597. The summed E-state index contributed by atoms with van der Waals surface area (Å²) >= 11 is 0. The molecule has 0 aliphatic heterocycles. The molecule has 1 heterocycles. The third kappa shape index (κ3) is 5.57. The van der Waals surface area contributed by atoms with Gasteiger partial charge in [-0.1, -0.05) is 60.2 Å². The number of aromatic nitrogens is 2. The molecule has 0 saturated heterocycles. The number of aryl methyl sites for hydroxylation is 1. The number of carbonyl (C=O) groups is 3. The van der Waals surface area contributed by atoms with Gasteiger partial charge in [-0.3, -0.25) is 14.8 Å². The van der Waals surface area contributed by atoms with Crippen molar-refractivity contribution in [2.24, 2.45) is 0 Å². The number of rotatable bonds is 6. The van der Waals surface area contributed by atoms with E-state index in [0.717, 1.165) is 16.7 Å². The Morgan fingerprint density at radius 1 is 1.06 bits per heavy atom. The standard InChI is InChI=1S/C23H24N4O4/c1-15-9-11-18(12-10-15)20-19(14-27(26-20)13-17-7-5-4-6-8-17)22(29)31-16(2)21(28)25-23(30)24-3/h4-12,14,16H,13H2,1-3H3,(H2,24,25,28,30)/t16-/m0/s1. The molecule has 8 heteroatoms. The second kappa shape index (κ2) is 9.71. The number of imide groups is 1. The predicted octanol–water partition coefficient (Wildman–Crippen LogP) is 2.91. The number of nitrogens with zero attached hydrogens (tertiary/aromatic N) is 2. The number of hydrogen-bond acceptors (Lipinski definition) is 5. The third-order valence-electron chi connectivity index (χ3n) is 4.61. The summed E-state index contributed by atoms with van der Waals surface area (Å²) < 4.78 is 6.97. The number of nitrogens with one attached hydrogen (secondary N) is 2. The highest BCUT2D eigenvalue weighted by Crippen LogP contribution is 2.24. The van der Waals surface area contributed by atoms with Crippen molar-refractivity contribution in [1.82, 2.24) is 20.4 Å². The van der Waals surface area contributed by atoms with E-state index in [1.54, 1.807) is 10.9 Å². The molecule has 3 amide bonds. The summed E-state index contributed by atoms with van der Waals surface area (Å²) in [5.41, 5.74) is 3.56. The fourth-order valence-electron chi connectivity index (χ4n) is 2.90. The van der Waals surface area contributed by atoms with Crippen LogP contribution >= 0.6 is 0 Å². The van der Waals surface area contributed by atoms with Crippen molar-refractivity contribution in [3.8, 4) is 11.3 Å². The molecule has 160 valence electrons. The highest BCUT2D eigenvalue weighted by molar-refractivity contribution is 6.00. The van der Waals surface area contributed by atoms with Crippen molar-refractivity contribution in [3.63, 3.8) is 0 Å². The van der Waals surface area contributed by atoms with Gasteiger partial charge in [0.2, 0.25) is 0 Å². The van der Waals surface area contributed by atoms with Crippen LogP contribution in [-0.2, 0) is 16.1 Å². The molecule has 2 aromatic carbocycles. The topological polar surface area (TPSA) is 102 Å². The van der Waals surface area contributed by atoms with E-state index in [4.69, 9.17) is 4.74 Å². The second-order valence-electron chi connectivity index (χ2n) is 7.06. The first-order valence-electron chi connectivity index (χ1n) is 9.79. The maximum Gasteiger partial charge on any atom is 0.342 e. The zero-order valence-electron chi connectivity index (χ0n) is 17.6. The Balaban J connectivity index is 1.87. The normalized spacial score (nSPS) is 11.5. The van der Waals surface area contributed by atoms with E-state index < -0.39 is 24.0 Å². The number of carbonyl (C=O) groups excluding carboxylic acids is 3. The van der Waals surface area contributed by atoms with E-state index in [9.17, 15) is 14.4 Å². The summed E-state index contributed by atoms with van der Waals surface area (Å²) in [6, 6.07) is 16.7. The van der Waals surface area contributed by atoms with E-state index in [0.29, 0.717) is 12.2 Å². The van der Waals surface area contributed by atoms with Gasteiger partial charge in [0, 0.05) is 18.8 Å². The second-order valence-corrected chi connectivity index (χ2v) is 7.06. The lowest BCUT2D eigenvalue weighted by Gasteiger charge is -2.12. The van der Waals surface area contributed by atoms with E-state index in [-0.39, 0.29) is 5.56 Å². The molecule has 3 aromatic rings. The minimum absolute atomic E-state index is 0.236. The van der Waals surface area contributed by atoms with Gasteiger partial charge in [0.15, 0.2) is 6.10 Å². The number of hydrogen-bond donors (Lipinski definition) is 2. The van der Waals surface area contributed by atoms with Gasteiger partial charge in [0.25, 0.3) is 5.91 Å². The van der Waals surface area contributed by atoms with Crippen LogP contribution in [0.1, 0.15) is 28.4 Å². The number of benzene rings is 2. The first-order chi connectivity index (χ1) is 14.9. The average Bonchev–Trinajstić information content (AvgIpc) is 3.18. The van der Waals surface area contributed by atoms with Crippen LogP contribution in [0.2, 0.25) is 0 Å². The van der Waals surface area contributed by atoms with Crippen molar-refractivity contribution >= 4 is 17.9 Å². The molecule has 0 unspecified atom stereocenters. The van der Waals surface area contributed by atoms with Crippen LogP contribution in [0.15, 0.2) is 60.8 Å². The van der Waals surface area contributed by atoms with Gasteiger partial charge in [-0.25, -0.2) is 9.59 Å². The van der Waals surface area contributed by atoms with E-state index in [1.807, 2.05) is 61.5 Å². The Morgan fingerprint density at radius 2 is 1.74 bits per heavy atom. The molecule has 1 aromatic heterocycles. The molecule has 2 N–H and O–H groups in total. The largest absolute Gasteiger partial charge is 0.449 e. The number of urea groups is 1. The van der Waals surface area contributed by atoms with Crippen molar-refractivity contribution < 1.29 is 19.1 Å². The highest BCUT2D eigenvalue weighted by atomic mass is 16.5. The Kier molecular flexibility index (Phi) is 6.81. The van der Waals surface area contributed by atoms with Gasteiger partial charge in [-0.05, 0) is 19.4 Å². The number of amides is 3. The summed E-state index contributed by atoms with van der Waals surface area (Å²) in [6.45, 7) is 3.84. The molecule has 0 bridgehead atoms. The molecule has 31 heavy (non-hydrogen) atoms. The monoisotopic (exact) mass is 420 g/mol. The van der Waals surface area contributed by atoms with Crippen LogP contribution in [0.25, 0.3) is 11.3 Å². The summed E-state index contributed by atoms with van der Waals surface area (Å²) in [5.74, 6) is -1.42. The SMILES string of the molecule is CNC(=O)NC(=O)[C@H](C)OC(=O)c1cn(Cc2ccccc2)nc1-c1ccc(C)cc1. The maximum absolute atomic E-state index is 12.9. The van der Waals surface area contributed by atoms with Crippen molar-refractivity contribution in [2.45, 2.75) is 26.5 Å². The van der Waals surface area contributed by atoms with Gasteiger partial charge in [-0.2, -0.15) is 5.10 Å². The fourth-order valence-corrected chi connectivity index (χ4v) is 2.90. The van der Waals surface area contributed by atoms with Crippen LogP contribution in [0, 0.1) is 6.92 Å². The molecule has 0 spiro atoms. The lowest BCUT2D eigenvalue weighted by Crippen LogP contribution is -2.43. The first-order valence-corrected chi connectivity index (χ1v) is 9.79. The molecular weight excluding hydrogens is 396 g/mol. The van der Waals surface area contributed by atoms with E-state index >= 15 is 0 Å². The van der Waals surface area contributed by atoms with Crippen molar-refractivity contribution in [2.75, 3.05) is 7.05 Å². The van der Waals surface area contributed by atoms with Gasteiger partial charge in [-0.15, -0.1) is 0 Å².